The van der Waals surface area contributed by atoms with Crippen LogP contribution in [-0.4, -0.2) is 38.2 Å². The standard InChI is InChI=1S/C16H22O5/c1-5-20-16(18)15(21-11(2)3)9-12-6-7-14(19-4)13(8-12)10-17/h6-8,10-11,15H,5,9H2,1-4H3. The van der Waals surface area contributed by atoms with E-state index >= 15 is 0 Å². The van der Waals surface area contributed by atoms with Crippen LogP contribution in [0, 0.1) is 0 Å². The summed E-state index contributed by atoms with van der Waals surface area (Å²) in [6.07, 6.45) is 0.299. The Morgan fingerprint density at radius 2 is 2.05 bits per heavy atom. The van der Waals surface area contributed by atoms with E-state index in [4.69, 9.17) is 14.2 Å². The third-order valence-corrected chi connectivity index (χ3v) is 2.83. The lowest BCUT2D eigenvalue weighted by atomic mass is 10.0. The summed E-state index contributed by atoms with van der Waals surface area (Å²) in [7, 11) is 1.51. The number of carbonyl (C=O) groups is 2. The molecule has 0 amide bonds. The SMILES string of the molecule is CCOC(=O)C(Cc1ccc(OC)c(C=O)c1)OC(C)C. The summed E-state index contributed by atoms with van der Waals surface area (Å²) in [6, 6.07) is 5.21. The first-order chi connectivity index (χ1) is 10.0. The van der Waals surface area contributed by atoms with Gasteiger partial charge in [-0.15, -0.1) is 0 Å². The lowest BCUT2D eigenvalue weighted by Crippen LogP contribution is -2.31. The lowest BCUT2D eigenvalue weighted by Gasteiger charge is -2.19. The zero-order chi connectivity index (χ0) is 15.8. The van der Waals surface area contributed by atoms with Gasteiger partial charge in [-0.2, -0.15) is 0 Å². The fraction of sp³-hybridized carbons (Fsp3) is 0.500. The van der Waals surface area contributed by atoms with Gasteiger partial charge in [-0.25, -0.2) is 4.79 Å². The summed E-state index contributed by atoms with van der Waals surface area (Å²) < 4.78 is 15.7. The van der Waals surface area contributed by atoms with Crippen molar-refractivity contribution >= 4 is 12.3 Å². The van der Waals surface area contributed by atoms with E-state index in [9.17, 15) is 9.59 Å². The number of aldehydes is 1. The van der Waals surface area contributed by atoms with Crippen molar-refractivity contribution in [3.05, 3.63) is 29.3 Å². The molecule has 0 aliphatic carbocycles. The van der Waals surface area contributed by atoms with Crippen molar-refractivity contribution in [2.24, 2.45) is 0 Å². The van der Waals surface area contributed by atoms with Crippen molar-refractivity contribution in [3.8, 4) is 5.75 Å². The van der Waals surface area contributed by atoms with Gasteiger partial charge in [0.25, 0.3) is 0 Å². The number of benzene rings is 1. The predicted molar refractivity (Wildman–Crippen MR) is 78.7 cm³/mol. The molecule has 0 bridgehead atoms. The fourth-order valence-electron chi connectivity index (χ4n) is 1.97. The smallest absolute Gasteiger partial charge is 0.335 e. The Kier molecular flexibility index (Phi) is 6.88. The van der Waals surface area contributed by atoms with Gasteiger partial charge in [-0.3, -0.25) is 4.79 Å². The van der Waals surface area contributed by atoms with Crippen LogP contribution in [0.3, 0.4) is 0 Å². The minimum Gasteiger partial charge on any atom is -0.496 e. The quantitative estimate of drug-likeness (QED) is 0.544. The molecule has 0 N–H and O–H groups in total. The van der Waals surface area contributed by atoms with E-state index in [1.807, 2.05) is 19.9 Å². The first-order valence-electron chi connectivity index (χ1n) is 6.96. The zero-order valence-electron chi connectivity index (χ0n) is 12.9. The molecule has 21 heavy (non-hydrogen) atoms. The molecule has 1 unspecified atom stereocenters. The molecule has 5 nitrogen and oxygen atoms in total. The van der Waals surface area contributed by atoms with Crippen LogP contribution in [-0.2, 0) is 20.7 Å². The first kappa shape index (κ1) is 17.2. The van der Waals surface area contributed by atoms with Crippen molar-refractivity contribution in [1.29, 1.82) is 0 Å². The summed E-state index contributed by atoms with van der Waals surface area (Å²) in [4.78, 5) is 23.0. The molecule has 116 valence electrons. The van der Waals surface area contributed by atoms with E-state index in [-0.39, 0.29) is 6.10 Å². The lowest BCUT2D eigenvalue weighted by molar-refractivity contribution is -0.159. The van der Waals surface area contributed by atoms with Crippen molar-refractivity contribution < 1.29 is 23.8 Å². The zero-order valence-corrected chi connectivity index (χ0v) is 12.9. The number of carbonyl (C=O) groups excluding carboxylic acids is 2. The number of ether oxygens (including phenoxy) is 3. The van der Waals surface area contributed by atoms with Crippen LogP contribution in [0.1, 0.15) is 36.7 Å². The van der Waals surface area contributed by atoms with Crippen LogP contribution in [0.15, 0.2) is 18.2 Å². The summed E-state index contributed by atoms with van der Waals surface area (Å²) >= 11 is 0. The summed E-state index contributed by atoms with van der Waals surface area (Å²) in [5.41, 5.74) is 1.26. The molecular formula is C16H22O5. The Morgan fingerprint density at radius 3 is 2.57 bits per heavy atom. The molecule has 0 aliphatic heterocycles. The number of esters is 1. The molecule has 0 spiro atoms. The van der Waals surface area contributed by atoms with Gasteiger partial charge in [0, 0.05) is 6.42 Å². The van der Waals surface area contributed by atoms with E-state index in [1.165, 1.54) is 7.11 Å². The minimum absolute atomic E-state index is 0.0943. The van der Waals surface area contributed by atoms with Crippen LogP contribution >= 0.6 is 0 Å². The summed E-state index contributed by atoms with van der Waals surface area (Å²) in [6.45, 7) is 5.77. The van der Waals surface area contributed by atoms with E-state index in [2.05, 4.69) is 0 Å². The molecule has 0 radical (unpaired) electrons. The second kappa shape index (κ2) is 8.42. The average molecular weight is 294 g/mol. The highest BCUT2D eigenvalue weighted by Crippen LogP contribution is 2.20. The van der Waals surface area contributed by atoms with Gasteiger partial charge in [0.15, 0.2) is 12.4 Å². The van der Waals surface area contributed by atoms with E-state index in [0.717, 1.165) is 11.8 Å². The largest absolute Gasteiger partial charge is 0.496 e. The molecule has 0 saturated carbocycles. The molecule has 0 fully saturated rings. The molecule has 0 saturated heterocycles. The molecule has 0 aromatic heterocycles. The molecule has 1 rings (SSSR count). The van der Waals surface area contributed by atoms with E-state index < -0.39 is 12.1 Å². The molecule has 0 aliphatic rings. The van der Waals surface area contributed by atoms with Gasteiger partial charge in [0.05, 0.1) is 25.4 Å². The minimum atomic E-state index is -0.683. The summed E-state index contributed by atoms with van der Waals surface area (Å²) in [5, 5.41) is 0. The Hall–Kier alpha value is -1.88. The molecule has 5 heteroatoms. The van der Waals surface area contributed by atoms with Gasteiger partial charge in [0.1, 0.15) is 5.75 Å². The molecule has 0 heterocycles. The number of hydrogen-bond acceptors (Lipinski definition) is 5. The van der Waals surface area contributed by atoms with Gasteiger partial charge < -0.3 is 14.2 Å². The highest BCUT2D eigenvalue weighted by Gasteiger charge is 2.22. The Labute approximate surface area is 125 Å². The van der Waals surface area contributed by atoms with Crippen LogP contribution < -0.4 is 4.74 Å². The van der Waals surface area contributed by atoms with Crippen LogP contribution in [0.25, 0.3) is 0 Å². The van der Waals surface area contributed by atoms with Crippen molar-refractivity contribution in [2.45, 2.75) is 39.4 Å². The van der Waals surface area contributed by atoms with Gasteiger partial charge in [-0.1, -0.05) is 6.07 Å². The Morgan fingerprint density at radius 1 is 1.33 bits per heavy atom. The number of hydrogen-bond donors (Lipinski definition) is 0. The van der Waals surface area contributed by atoms with Gasteiger partial charge in [0.2, 0.25) is 0 Å². The Balaban J connectivity index is 2.92. The monoisotopic (exact) mass is 294 g/mol. The third-order valence-electron chi connectivity index (χ3n) is 2.83. The molecule has 1 aromatic rings. The van der Waals surface area contributed by atoms with Crippen molar-refractivity contribution in [2.75, 3.05) is 13.7 Å². The van der Waals surface area contributed by atoms with Gasteiger partial charge >= 0.3 is 5.97 Å². The normalized spacial score (nSPS) is 12.0. The Bertz CT molecular complexity index is 482. The van der Waals surface area contributed by atoms with Crippen LogP contribution in [0.2, 0.25) is 0 Å². The second-order valence-electron chi connectivity index (χ2n) is 4.82. The maximum absolute atomic E-state index is 11.9. The van der Waals surface area contributed by atoms with Crippen molar-refractivity contribution in [1.82, 2.24) is 0 Å². The van der Waals surface area contributed by atoms with E-state index in [1.54, 1.807) is 19.1 Å². The maximum atomic E-state index is 11.9. The second-order valence-corrected chi connectivity index (χ2v) is 4.82. The highest BCUT2D eigenvalue weighted by molar-refractivity contribution is 5.80. The maximum Gasteiger partial charge on any atom is 0.335 e. The predicted octanol–water partition coefficient (Wildman–Crippen LogP) is 2.41. The van der Waals surface area contributed by atoms with Crippen LogP contribution in [0.4, 0.5) is 0 Å². The van der Waals surface area contributed by atoms with E-state index in [0.29, 0.717) is 24.3 Å². The van der Waals surface area contributed by atoms with Gasteiger partial charge in [-0.05, 0) is 38.5 Å². The summed E-state index contributed by atoms with van der Waals surface area (Å²) in [5.74, 6) is 0.112. The number of rotatable bonds is 8. The fourth-order valence-corrected chi connectivity index (χ4v) is 1.97. The first-order valence-corrected chi connectivity index (χ1v) is 6.96. The molecule has 1 aromatic carbocycles. The number of methoxy groups -OCH3 is 1. The average Bonchev–Trinajstić information content (AvgIpc) is 2.46. The van der Waals surface area contributed by atoms with Crippen molar-refractivity contribution in [3.63, 3.8) is 0 Å². The molecular weight excluding hydrogens is 272 g/mol. The molecule has 1 atom stereocenters. The highest BCUT2D eigenvalue weighted by atomic mass is 16.6. The van der Waals surface area contributed by atoms with Crippen LogP contribution in [0.5, 0.6) is 5.75 Å². The topological polar surface area (TPSA) is 61.8 Å². The third kappa shape index (κ3) is 5.19.